The maximum atomic E-state index is 12.6. The van der Waals surface area contributed by atoms with Gasteiger partial charge in [0.05, 0.1) is 22.3 Å². The van der Waals surface area contributed by atoms with Crippen LogP contribution in [0.3, 0.4) is 0 Å². The molecule has 3 rings (SSSR count). The zero-order valence-corrected chi connectivity index (χ0v) is 17.8. The Morgan fingerprint density at radius 3 is 2.40 bits per heavy atom. The fourth-order valence-corrected chi connectivity index (χ4v) is 3.26. The summed E-state index contributed by atoms with van der Waals surface area (Å²) < 4.78 is 5.62. The second-order valence-electron chi connectivity index (χ2n) is 6.42. The van der Waals surface area contributed by atoms with Crippen LogP contribution in [0, 0.1) is 0 Å². The molecule has 2 aromatic carbocycles. The number of rotatable bonds is 8. The van der Waals surface area contributed by atoms with E-state index in [-0.39, 0.29) is 31.2 Å². The molecule has 3 aromatic rings. The van der Waals surface area contributed by atoms with Gasteiger partial charge < -0.3 is 14.6 Å². The molecule has 0 saturated carbocycles. The summed E-state index contributed by atoms with van der Waals surface area (Å²) >= 11 is 12.1. The van der Waals surface area contributed by atoms with Crippen LogP contribution in [0.5, 0.6) is 0 Å². The third-order valence-electron chi connectivity index (χ3n) is 4.34. The van der Waals surface area contributed by atoms with Crippen molar-refractivity contribution in [3.05, 3.63) is 64.5 Å². The number of nitrogens with zero attached hydrogens (tertiary/aromatic N) is 3. The van der Waals surface area contributed by atoms with Gasteiger partial charge in [0.15, 0.2) is 0 Å². The van der Waals surface area contributed by atoms with Crippen LogP contribution in [0.1, 0.15) is 19.2 Å². The summed E-state index contributed by atoms with van der Waals surface area (Å²) in [5.74, 6) is 0.189. The predicted octanol–water partition coefficient (Wildman–Crippen LogP) is 4.46. The van der Waals surface area contributed by atoms with E-state index in [0.717, 1.165) is 5.56 Å². The summed E-state index contributed by atoms with van der Waals surface area (Å²) in [5.41, 5.74) is 1.14. The average Bonchev–Trinajstić information content (AvgIpc) is 3.23. The molecule has 0 aliphatic carbocycles. The number of likely N-dealkylation sites (N-methyl/N-ethyl adjacent to an activating group) is 1. The van der Waals surface area contributed by atoms with Gasteiger partial charge in [0, 0.05) is 24.9 Å². The number of anilines is 1. The van der Waals surface area contributed by atoms with E-state index in [9.17, 15) is 9.59 Å². The second kappa shape index (κ2) is 10.2. The molecule has 1 N–H and O–H groups in total. The molecule has 0 atom stereocenters. The van der Waals surface area contributed by atoms with Crippen LogP contribution in [-0.2, 0) is 16.0 Å². The molecule has 156 valence electrons. The Bertz CT molecular complexity index is 1000. The van der Waals surface area contributed by atoms with E-state index in [0.29, 0.717) is 34.1 Å². The summed E-state index contributed by atoms with van der Waals surface area (Å²) in [4.78, 5) is 26.4. The van der Waals surface area contributed by atoms with Crippen LogP contribution in [0.15, 0.2) is 52.9 Å². The van der Waals surface area contributed by atoms with Crippen LogP contribution >= 0.6 is 23.2 Å². The van der Waals surface area contributed by atoms with Crippen molar-refractivity contribution in [1.82, 2.24) is 15.1 Å². The second-order valence-corrected chi connectivity index (χ2v) is 7.23. The van der Waals surface area contributed by atoms with E-state index in [2.05, 4.69) is 15.5 Å². The Morgan fingerprint density at radius 1 is 1.03 bits per heavy atom. The monoisotopic (exact) mass is 446 g/mol. The maximum Gasteiger partial charge on any atom is 0.247 e. The highest BCUT2D eigenvalue weighted by atomic mass is 35.5. The average molecular weight is 447 g/mol. The highest BCUT2D eigenvalue weighted by Gasteiger charge is 2.18. The highest BCUT2D eigenvalue weighted by Crippen LogP contribution is 2.29. The first-order valence-corrected chi connectivity index (χ1v) is 10.1. The molecule has 0 spiro atoms. The van der Waals surface area contributed by atoms with Gasteiger partial charge in [-0.25, -0.2) is 0 Å². The lowest BCUT2D eigenvalue weighted by molar-refractivity contribution is -0.134. The smallest absolute Gasteiger partial charge is 0.247 e. The standard InChI is InChI=1S/C21H20Cl2N4O3/c1-2-27(13-17(28)24-20-15(22)9-6-10-16(20)23)19(29)12-11-18-25-26-21(30-18)14-7-4-3-5-8-14/h3-10H,2,11-13H2,1H3,(H,24,28). The SMILES string of the molecule is CCN(CC(=O)Nc1c(Cl)cccc1Cl)C(=O)CCc1nnc(-c2ccccc2)o1. The van der Waals surface area contributed by atoms with Crippen LogP contribution in [0.25, 0.3) is 11.5 Å². The van der Waals surface area contributed by atoms with E-state index in [1.165, 1.54) is 4.90 Å². The van der Waals surface area contributed by atoms with Crippen molar-refractivity contribution >= 4 is 40.7 Å². The van der Waals surface area contributed by atoms with Gasteiger partial charge in [-0.15, -0.1) is 10.2 Å². The first-order valence-electron chi connectivity index (χ1n) is 9.37. The van der Waals surface area contributed by atoms with Crippen molar-refractivity contribution in [3.8, 4) is 11.5 Å². The van der Waals surface area contributed by atoms with Crippen LogP contribution in [-0.4, -0.2) is 40.0 Å². The van der Waals surface area contributed by atoms with Gasteiger partial charge in [-0.1, -0.05) is 47.5 Å². The molecule has 0 saturated heterocycles. The summed E-state index contributed by atoms with van der Waals surface area (Å²) in [6.45, 7) is 2.06. The number of hydrogen-bond acceptors (Lipinski definition) is 5. The number of benzene rings is 2. The van der Waals surface area contributed by atoms with Crippen molar-refractivity contribution in [2.24, 2.45) is 0 Å². The van der Waals surface area contributed by atoms with Crippen molar-refractivity contribution in [2.75, 3.05) is 18.4 Å². The molecule has 0 fully saturated rings. The molecule has 9 heteroatoms. The van der Waals surface area contributed by atoms with Gasteiger partial charge in [-0.05, 0) is 31.2 Å². The Kier molecular flexibility index (Phi) is 7.43. The number of carbonyl (C=O) groups excluding carboxylic acids is 2. The first-order chi connectivity index (χ1) is 14.5. The van der Waals surface area contributed by atoms with Gasteiger partial charge >= 0.3 is 0 Å². The molecule has 1 heterocycles. The van der Waals surface area contributed by atoms with Crippen molar-refractivity contribution in [3.63, 3.8) is 0 Å². The third kappa shape index (κ3) is 5.58. The van der Waals surface area contributed by atoms with Gasteiger partial charge in [0.2, 0.25) is 23.6 Å². The van der Waals surface area contributed by atoms with E-state index in [1.807, 2.05) is 30.3 Å². The third-order valence-corrected chi connectivity index (χ3v) is 4.97. The maximum absolute atomic E-state index is 12.6. The molecule has 0 aliphatic heterocycles. The van der Waals surface area contributed by atoms with Gasteiger partial charge in [-0.3, -0.25) is 9.59 Å². The Labute approximate surface area is 184 Å². The van der Waals surface area contributed by atoms with E-state index < -0.39 is 0 Å². The van der Waals surface area contributed by atoms with Crippen molar-refractivity contribution in [2.45, 2.75) is 19.8 Å². The van der Waals surface area contributed by atoms with Crippen LogP contribution in [0.4, 0.5) is 5.69 Å². The molecule has 30 heavy (non-hydrogen) atoms. The topological polar surface area (TPSA) is 88.3 Å². The van der Waals surface area contributed by atoms with Crippen LogP contribution in [0.2, 0.25) is 10.0 Å². The summed E-state index contributed by atoms with van der Waals surface area (Å²) in [6.07, 6.45) is 0.428. The molecule has 0 bridgehead atoms. The minimum absolute atomic E-state index is 0.115. The van der Waals surface area contributed by atoms with E-state index in [1.54, 1.807) is 25.1 Å². The molecular formula is C21H20Cl2N4O3. The normalized spacial score (nSPS) is 10.6. The molecule has 7 nitrogen and oxygen atoms in total. The lowest BCUT2D eigenvalue weighted by Gasteiger charge is -2.20. The minimum Gasteiger partial charge on any atom is -0.421 e. The Balaban J connectivity index is 1.55. The summed E-state index contributed by atoms with van der Waals surface area (Å²) in [5, 5.41) is 11.3. The van der Waals surface area contributed by atoms with Gasteiger partial charge in [0.1, 0.15) is 0 Å². The zero-order chi connectivity index (χ0) is 21.5. The number of nitrogens with one attached hydrogen (secondary N) is 1. The van der Waals surface area contributed by atoms with Gasteiger partial charge in [0.25, 0.3) is 0 Å². The lowest BCUT2D eigenvalue weighted by atomic mass is 10.2. The number of aromatic nitrogens is 2. The molecular weight excluding hydrogens is 427 g/mol. The van der Waals surface area contributed by atoms with Crippen molar-refractivity contribution in [1.29, 1.82) is 0 Å². The molecule has 0 radical (unpaired) electrons. The number of halogens is 2. The molecule has 2 amide bonds. The number of para-hydroxylation sites is 1. The number of amides is 2. The quantitative estimate of drug-likeness (QED) is 0.551. The largest absolute Gasteiger partial charge is 0.421 e. The molecule has 0 aliphatic rings. The number of carbonyl (C=O) groups is 2. The predicted molar refractivity (Wildman–Crippen MR) is 115 cm³/mol. The summed E-state index contributed by atoms with van der Waals surface area (Å²) in [7, 11) is 0. The fraction of sp³-hybridized carbons (Fsp3) is 0.238. The fourth-order valence-electron chi connectivity index (χ4n) is 2.77. The van der Waals surface area contributed by atoms with E-state index >= 15 is 0 Å². The van der Waals surface area contributed by atoms with Gasteiger partial charge in [-0.2, -0.15) is 0 Å². The van der Waals surface area contributed by atoms with Crippen molar-refractivity contribution < 1.29 is 14.0 Å². The Hall–Kier alpha value is -2.90. The Morgan fingerprint density at radius 2 is 1.73 bits per heavy atom. The minimum atomic E-state index is -0.385. The molecule has 0 unspecified atom stereocenters. The highest BCUT2D eigenvalue weighted by molar-refractivity contribution is 6.39. The molecule has 1 aromatic heterocycles. The number of aryl methyl sites for hydroxylation is 1. The number of hydrogen-bond donors (Lipinski definition) is 1. The van der Waals surface area contributed by atoms with E-state index in [4.69, 9.17) is 27.6 Å². The van der Waals surface area contributed by atoms with Crippen LogP contribution < -0.4 is 5.32 Å². The first kappa shape index (κ1) is 21.8. The zero-order valence-electron chi connectivity index (χ0n) is 16.3. The lowest BCUT2D eigenvalue weighted by Crippen LogP contribution is -2.38. The summed E-state index contributed by atoms with van der Waals surface area (Å²) in [6, 6.07) is 14.3.